The van der Waals surface area contributed by atoms with E-state index in [1.165, 1.54) is 5.56 Å². The molecular formula is C17H14Cl2N2. The normalized spacial score (nSPS) is 11.3. The Morgan fingerprint density at radius 3 is 2.29 bits per heavy atom. The first-order chi connectivity index (χ1) is 10.1. The maximum absolute atomic E-state index is 6.26. The van der Waals surface area contributed by atoms with Crippen LogP contribution in [0.25, 0.3) is 22.3 Å². The van der Waals surface area contributed by atoms with Crippen molar-refractivity contribution in [1.29, 1.82) is 0 Å². The van der Waals surface area contributed by atoms with E-state index >= 15 is 0 Å². The fourth-order valence-corrected chi connectivity index (χ4v) is 2.68. The summed E-state index contributed by atoms with van der Waals surface area (Å²) in [6, 6.07) is 13.7. The van der Waals surface area contributed by atoms with Crippen LogP contribution in [0, 0.1) is 0 Å². The standard InChI is InChI=1S/C17H14Cl2N2/c1-10(2)11-6-8-12(9-7-11)17-20-15-13(16(19)21-17)4-3-5-14(15)18/h3-10H,1-2H3. The first-order valence-electron chi connectivity index (χ1n) is 6.78. The summed E-state index contributed by atoms with van der Waals surface area (Å²) in [5.74, 6) is 1.09. The number of benzene rings is 2. The van der Waals surface area contributed by atoms with Gasteiger partial charge in [0.25, 0.3) is 0 Å². The lowest BCUT2D eigenvalue weighted by Gasteiger charge is -2.08. The summed E-state index contributed by atoms with van der Waals surface area (Å²) in [5, 5.41) is 1.77. The predicted octanol–water partition coefficient (Wildman–Crippen LogP) is 5.73. The highest BCUT2D eigenvalue weighted by atomic mass is 35.5. The second-order valence-electron chi connectivity index (χ2n) is 5.25. The molecule has 0 N–H and O–H groups in total. The number of halogens is 2. The minimum atomic E-state index is 0.422. The summed E-state index contributed by atoms with van der Waals surface area (Å²) < 4.78 is 0. The minimum absolute atomic E-state index is 0.422. The molecule has 3 aromatic rings. The molecule has 1 aromatic heterocycles. The number of fused-ring (bicyclic) bond motifs is 1. The SMILES string of the molecule is CC(C)c1ccc(-c2nc(Cl)c3cccc(Cl)c3n2)cc1. The quantitative estimate of drug-likeness (QED) is 0.564. The third kappa shape index (κ3) is 2.74. The Balaban J connectivity index is 2.14. The summed E-state index contributed by atoms with van der Waals surface area (Å²) in [6.45, 7) is 4.33. The van der Waals surface area contributed by atoms with Gasteiger partial charge in [0.1, 0.15) is 5.15 Å². The van der Waals surface area contributed by atoms with E-state index in [0.717, 1.165) is 10.9 Å². The molecule has 0 aliphatic heterocycles. The zero-order valence-corrected chi connectivity index (χ0v) is 13.3. The van der Waals surface area contributed by atoms with Gasteiger partial charge in [-0.05, 0) is 23.6 Å². The Bertz CT molecular complexity index is 796. The van der Waals surface area contributed by atoms with Crippen molar-refractivity contribution in [3.8, 4) is 11.4 Å². The first-order valence-corrected chi connectivity index (χ1v) is 7.54. The zero-order chi connectivity index (χ0) is 15.0. The van der Waals surface area contributed by atoms with Crippen LogP contribution in [-0.4, -0.2) is 9.97 Å². The van der Waals surface area contributed by atoms with Gasteiger partial charge < -0.3 is 0 Å². The summed E-state index contributed by atoms with van der Waals surface area (Å²) in [7, 11) is 0. The van der Waals surface area contributed by atoms with Gasteiger partial charge in [-0.15, -0.1) is 0 Å². The van der Waals surface area contributed by atoms with Gasteiger partial charge in [0.2, 0.25) is 0 Å². The first kappa shape index (κ1) is 14.3. The topological polar surface area (TPSA) is 25.8 Å². The fourth-order valence-electron chi connectivity index (χ4n) is 2.23. The van der Waals surface area contributed by atoms with E-state index in [2.05, 4.69) is 35.9 Å². The van der Waals surface area contributed by atoms with Gasteiger partial charge >= 0.3 is 0 Å². The molecule has 3 rings (SSSR count). The molecule has 1 heterocycles. The van der Waals surface area contributed by atoms with Crippen molar-refractivity contribution >= 4 is 34.1 Å². The molecule has 4 heteroatoms. The Hall–Kier alpha value is -1.64. The smallest absolute Gasteiger partial charge is 0.161 e. The lowest BCUT2D eigenvalue weighted by atomic mass is 10.0. The highest BCUT2D eigenvalue weighted by Gasteiger charge is 2.10. The van der Waals surface area contributed by atoms with Gasteiger partial charge in [0, 0.05) is 10.9 Å². The monoisotopic (exact) mass is 316 g/mol. The molecule has 106 valence electrons. The highest BCUT2D eigenvalue weighted by Crippen LogP contribution is 2.29. The van der Waals surface area contributed by atoms with Gasteiger partial charge in [0.15, 0.2) is 5.82 Å². The average Bonchev–Trinajstić information content (AvgIpc) is 2.48. The van der Waals surface area contributed by atoms with Crippen LogP contribution < -0.4 is 0 Å². The van der Waals surface area contributed by atoms with E-state index in [1.54, 1.807) is 6.07 Å². The van der Waals surface area contributed by atoms with Crippen molar-refractivity contribution in [2.45, 2.75) is 19.8 Å². The van der Waals surface area contributed by atoms with Crippen LogP contribution in [0.15, 0.2) is 42.5 Å². The van der Waals surface area contributed by atoms with E-state index in [1.807, 2.05) is 24.3 Å². The van der Waals surface area contributed by atoms with Crippen LogP contribution in [0.3, 0.4) is 0 Å². The van der Waals surface area contributed by atoms with Crippen molar-refractivity contribution in [1.82, 2.24) is 9.97 Å². The third-order valence-corrected chi connectivity index (χ3v) is 4.06. The molecule has 0 saturated heterocycles. The van der Waals surface area contributed by atoms with Gasteiger partial charge in [-0.1, -0.05) is 67.4 Å². The van der Waals surface area contributed by atoms with Crippen LogP contribution in [-0.2, 0) is 0 Å². The molecule has 0 aliphatic carbocycles. The van der Waals surface area contributed by atoms with Crippen LogP contribution in [0.4, 0.5) is 0 Å². The van der Waals surface area contributed by atoms with E-state index in [9.17, 15) is 0 Å². The van der Waals surface area contributed by atoms with Crippen molar-refractivity contribution in [2.24, 2.45) is 0 Å². The van der Waals surface area contributed by atoms with Crippen LogP contribution >= 0.6 is 23.2 Å². The van der Waals surface area contributed by atoms with Crippen molar-refractivity contribution < 1.29 is 0 Å². The number of nitrogens with zero attached hydrogens (tertiary/aromatic N) is 2. The Morgan fingerprint density at radius 1 is 0.905 bits per heavy atom. The van der Waals surface area contributed by atoms with E-state index < -0.39 is 0 Å². The Morgan fingerprint density at radius 2 is 1.62 bits per heavy atom. The molecular weight excluding hydrogens is 303 g/mol. The lowest BCUT2D eigenvalue weighted by Crippen LogP contribution is -1.93. The van der Waals surface area contributed by atoms with Crippen molar-refractivity contribution in [2.75, 3.05) is 0 Å². The van der Waals surface area contributed by atoms with Gasteiger partial charge in [-0.3, -0.25) is 0 Å². The predicted molar refractivity (Wildman–Crippen MR) is 89.1 cm³/mol. The van der Waals surface area contributed by atoms with Crippen LogP contribution in [0.1, 0.15) is 25.3 Å². The maximum Gasteiger partial charge on any atom is 0.161 e. The molecule has 0 atom stereocenters. The van der Waals surface area contributed by atoms with Crippen molar-refractivity contribution in [3.05, 3.63) is 58.2 Å². The molecule has 0 amide bonds. The second-order valence-corrected chi connectivity index (χ2v) is 6.02. The largest absolute Gasteiger partial charge is 0.226 e. The summed E-state index contributed by atoms with van der Waals surface area (Å²) in [6.07, 6.45) is 0. The summed E-state index contributed by atoms with van der Waals surface area (Å²) in [4.78, 5) is 8.94. The molecule has 0 bridgehead atoms. The third-order valence-electron chi connectivity index (χ3n) is 3.47. The average molecular weight is 317 g/mol. The Labute approximate surface area is 133 Å². The minimum Gasteiger partial charge on any atom is -0.226 e. The second kappa shape index (κ2) is 5.63. The number of hydrogen-bond acceptors (Lipinski definition) is 2. The lowest BCUT2D eigenvalue weighted by molar-refractivity contribution is 0.867. The maximum atomic E-state index is 6.26. The molecule has 0 radical (unpaired) electrons. The number of hydrogen-bond donors (Lipinski definition) is 0. The molecule has 0 unspecified atom stereocenters. The Kier molecular flexibility index (Phi) is 3.83. The summed E-state index contributed by atoms with van der Waals surface area (Å²) in [5.41, 5.74) is 2.90. The number of para-hydroxylation sites is 1. The van der Waals surface area contributed by atoms with Crippen LogP contribution in [0.2, 0.25) is 10.2 Å². The molecule has 0 spiro atoms. The van der Waals surface area contributed by atoms with Crippen LogP contribution in [0.5, 0.6) is 0 Å². The number of aromatic nitrogens is 2. The molecule has 0 aliphatic rings. The van der Waals surface area contributed by atoms with Crippen molar-refractivity contribution in [3.63, 3.8) is 0 Å². The fraction of sp³-hybridized carbons (Fsp3) is 0.176. The molecule has 0 saturated carbocycles. The number of rotatable bonds is 2. The van der Waals surface area contributed by atoms with E-state index in [-0.39, 0.29) is 0 Å². The van der Waals surface area contributed by atoms with Gasteiger partial charge in [-0.2, -0.15) is 0 Å². The molecule has 2 aromatic carbocycles. The van der Waals surface area contributed by atoms with E-state index in [0.29, 0.717) is 27.4 Å². The van der Waals surface area contributed by atoms with Gasteiger partial charge in [0.05, 0.1) is 10.5 Å². The molecule has 0 fully saturated rings. The highest BCUT2D eigenvalue weighted by molar-refractivity contribution is 6.38. The summed E-state index contributed by atoms with van der Waals surface area (Å²) >= 11 is 12.5. The molecule has 21 heavy (non-hydrogen) atoms. The van der Waals surface area contributed by atoms with E-state index in [4.69, 9.17) is 23.2 Å². The molecule has 2 nitrogen and oxygen atoms in total. The van der Waals surface area contributed by atoms with Gasteiger partial charge in [-0.25, -0.2) is 9.97 Å². The zero-order valence-electron chi connectivity index (χ0n) is 11.8.